The standard InChI is InChI=1S/C18H25NO4S/c1-17(2)12-18(16(20)23-3)13-19(11-15(17)18)9-10-24(21,22)14-7-5-4-6-8-14/h4-8,15H,9-13H2,1-3H3/t15-,18+/m1/s1. The van der Waals surface area contributed by atoms with E-state index in [1.807, 2.05) is 0 Å². The smallest absolute Gasteiger partial charge is 0.313 e. The van der Waals surface area contributed by atoms with Gasteiger partial charge >= 0.3 is 5.97 Å². The molecule has 2 atom stereocenters. The topological polar surface area (TPSA) is 63.7 Å². The van der Waals surface area contributed by atoms with E-state index in [9.17, 15) is 13.2 Å². The lowest BCUT2D eigenvalue weighted by Gasteiger charge is -2.54. The normalized spacial score (nSPS) is 28.9. The number of methoxy groups -OCH3 is 1. The van der Waals surface area contributed by atoms with Crippen LogP contribution < -0.4 is 0 Å². The second-order valence-electron chi connectivity index (χ2n) is 7.73. The van der Waals surface area contributed by atoms with Gasteiger partial charge in [0.15, 0.2) is 9.84 Å². The van der Waals surface area contributed by atoms with Crippen LogP contribution in [0, 0.1) is 16.7 Å². The Hall–Kier alpha value is -1.40. The lowest BCUT2D eigenvalue weighted by Crippen LogP contribution is -2.57. The predicted molar refractivity (Wildman–Crippen MR) is 91.3 cm³/mol. The Kier molecular flexibility index (Phi) is 4.24. The van der Waals surface area contributed by atoms with Gasteiger partial charge in [0.1, 0.15) is 0 Å². The highest BCUT2D eigenvalue weighted by molar-refractivity contribution is 7.91. The van der Waals surface area contributed by atoms with E-state index in [2.05, 4.69) is 18.7 Å². The maximum Gasteiger partial charge on any atom is 0.313 e. The molecule has 1 saturated carbocycles. The van der Waals surface area contributed by atoms with E-state index in [4.69, 9.17) is 4.74 Å². The molecule has 1 aromatic rings. The van der Waals surface area contributed by atoms with E-state index in [1.165, 1.54) is 7.11 Å². The van der Waals surface area contributed by atoms with Gasteiger partial charge in [0.25, 0.3) is 0 Å². The Morgan fingerprint density at radius 1 is 1.29 bits per heavy atom. The first-order valence-electron chi connectivity index (χ1n) is 8.30. The highest BCUT2D eigenvalue weighted by Gasteiger charge is 2.67. The lowest BCUT2D eigenvalue weighted by molar-refractivity contribution is -0.174. The minimum Gasteiger partial charge on any atom is -0.469 e. The summed E-state index contributed by atoms with van der Waals surface area (Å²) in [6, 6.07) is 8.53. The zero-order valence-electron chi connectivity index (χ0n) is 14.5. The molecule has 1 aliphatic heterocycles. The Balaban J connectivity index is 1.69. The minimum absolute atomic E-state index is 0.0708. The molecule has 3 rings (SSSR count). The molecule has 1 heterocycles. The van der Waals surface area contributed by atoms with Gasteiger partial charge in [0.05, 0.1) is 23.2 Å². The summed E-state index contributed by atoms with van der Waals surface area (Å²) in [7, 11) is -1.86. The van der Waals surface area contributed by atoms with E-state index < -0.39 is 15.3 Å². The van der Waals surface area contributed by atoms with Crippen molar-refractivity contribution in [2.45, 2.75) is 25.2 Å². The molecule has 0 bridgehead atoms. The van der Waals surface area contributed by atoms with Gasteiger partial charge in [-0.1, -0.05) is 32.0 Å². The zero-order chi connectivity index (χ0) is 17.6. The van der Waals surface area contributed by atoms with Crippen molar-refractivity contribution >= 4 is 15.8 Å². The summed E-state index contributed by atoms with van der Waals surface area (Å²) in [6.07, 6.45) is 0.805. The number of fused-ring (bicyclic) bond motifs is 1. The third-order valence-corrected chi connectivity index (χ3v) is 7.41. The van der Waals surface area contributed by atoms with E-state index in [1.54, 1.807) is 30.3 Å². The Morgan fingerprint density at radius 3 is 2.54 bits per heavy atom. The summed E-state index contributed by atoms with van der Waals surface area (Å²) < 4.78 is 29.9. The summed E-state index contributed by atoms with van der Waals surface area (Å²) in [5.74, 6) is 0.152. The van der Waals surface area contributed by atoms with Crippen LogP contribution in [0.2, 0.25) is 0 Å². The predicted octanol–water partition coefficient (Wildman–Crippen LogP) is 1.98. The van der Waals surface area contributed by atoms with Gasteiger partial charge in [-0.3, -0.25) is 4.79 Å². The molecule has 5 nitrogen and oxygen atoms in total. The number of hydrogen-bond acceptors (Lipinski definition) is 5. The molecule has 0 aromatic heterocycles. The monoisotopic (exact) mass is 351 g/mol. The number of likely N-dealkylation sites (tertiary alicyclic amines) is 1. The highest BCUT2D eigenvalue weighted by Crippen LogP contribution is 2.63. The average Bonchev–Trinajstić information content (AvgIpc) is 2.88. The summed E-state index contributed by atoms with van der Waals surface area (Å²) >= 11 is 0. The van der Waals surface area contributed by atoms with Crippen LogP contribution in [0.1, 0.15) is 20.3 Å². The van der Waals surface area contributed by atoms with Crippen LogP contribution in [0.25, 0.3) is 0 Å². The van der Waals surface area contributed by atoms with Gasteiger partial charge < -0.3 is 9.64 Å². The quantitative estimate of drug-likeness (QED) is 0.759. The average molecular weight is 351 g/mol. The third kappa shape index (κ3) is 2.75. The van der Waals surface area contributed by atoms with Gasteiger partial charge in [-0.15, -0.1) is 0 Å². The van der Waals surface area contributed by atoms with Gasteiger partial charge in [0, 0.05) is 19.6 Å². The van der Waals surface area contributed by atoms with Crippen LogP contribution in [-0.2, 0) is 19.4 Å². The summed E-state index contributed by atoms with van der Waals surface area (Å²) in [4.78, 5) is 14.8. The Labute approximate surface area is 143 Å². The molecule has 1 aliphatic carbocycles. The molecule has 2 fully saturated rings. The van der Waals surface area contributed by atoms with Crippen LogP contribution in [0.5, 0.6) is 0 Å². The van der Waals surface area contributed by atoms with Crippen LogP contribution in [0.3, 0.4) is 0 Å². The van der Waals surface area contributed by atoms with E-state index in [-0.39, 0.29) is 23.1 Å². The van der Waals surface area contributed by atoms with Crippen molar-refractivity contribution in [1.82, 2.24) is 4.90 Å². The van der Waals surface area contributed by atoms with Crippen molar-refractivity contribution in [1.29, 1.82) is 0 Å². The number of benzene rings is 1. The SMILES string of the molecule is COC(=O)[C@@]12CN(CCS(=O)(=O)c3ccccc3)C[C@@H]1C(C)(C)C2. The molecular weight excluding hydrogens is 326 g/mol. The van der Waals surface area contributed by atoms with Crippen molar-refractivity contribution in [3.63, 3.8) is 0 Å². The molecule has 2 aliphatic rings. The largest absolute Gasteiger partial charge is 0.469 e. The van der Waals surface area contributed by atoms with E-state index in [0.717, 1.165) is 13.0 Å². The number of esters is 1. The highest BCUT2D eigenvalue weighted by atomic mass is 32.2. The molecular formula is C18H25NO4S. The molecule has 132 valence electrons. The van der Waals surface area contributed by atoms with Crippen LogP contribution >= 0.6 is 0 Å². The third-order valence-electron chi connectivity index (χ3n) is 5.70. The number of rotatable bonds is 5. The van der Waals surface area contributed by atoms with Gasteiger partial charge in [-0.05, 0) is 29.9 Å². The molecule has 6 heteroatoms. The number of hydrogen-bond donors (Lipinski definition) is 0. The summed E-state index contributed by atoms with van der Waals surface area (Å²) in [5, 5.41) is 0. The molecule has 0 unspecified atom stereocenters. The van der Waals surface area contributed by atoms with Crippen LogP contribution in [0.15, 0.2) is 35.2 Å². The van der Waals surface area contributed by atoms with Gasteiger partial charge in [-0.2, -0.15) is 0 Å². The van der Waals surface area contributed by atoms with Crippen molar-refractivity contribution in [2.24, 2.45) is 16.7 Å². The van der Waals surface area contributed by atoms with Crippen LogP contribution in [0.4, 0.5) is 0 Å². The molecule has 24 heavy (non-hydrogen) atoms. The van der Waals surface area contributed by atoms with Crippen molar-refractivity contribution in [3.05, 3.63) is 30.3 Å². The number of carbonyl (C=O) groups is 1. The Bertz CT molecular complexity index is 729. The molecule has 0 spiro atoms. The number of ether oxygens (including phenoxy) is 1. The maximum absolute atomic E-state index is 12.4. The zero-order valence-corrected chi connectivity index (χ0v) is 15.3. The van der Waals surface area contributed by atoms with Crippen molar-refractivity contribution in [2.75, 3.05) is 32.5 Å². The fourth-order valence-corrected chi connectivity index (χ4v) is 5.94. The lowest BCUT2D eigenvalue weighted by atomic mass is 9.48. The van der Waals surface area contributed by atoms with E-state index >= 15 is 0 Å². The molecule has 0 radical (unpaired) electrons. The van der Waals surface area contributed by atoms with Gasteiger partial charge in [-0.25, -0.2) is 8.42 Å². The summed E-state index contributed by atoms with van der Waals surface area (Å²) in [5.41, 5.74) is -0.351. The first kappa shape index (κ1) is 17.4. The molecule has 0 amide bonds. The van der Waals surface area contributed by atoms with E-state index in [0.29, 0.717) is 18.0 Å². The maximum atomic E-state index is 12.4. The second-order valence-corrected chi connectivity index (χ2v) is 9.84. The number of sulfone groups is 1. The second kappa shape index (κ2) is 5.85. The molecule has 1 saturated heterocycles. The molecule has 1 aromatic carbocycles. The van der Waals surface area contributed by atoms with Crippen LogP contribution in [-0.4, -0.2) is 51.8 Å². The first-order valence-corrected chi connectivity index (χ1v) is 9.95. The minimum atomic E-state index is -3.29. The Morgan fingerprint density at radius 2 is 1.96 bits per heavy atom. The number of nitrogens with zero attached hydrogens (tertiary/aromatic N) is 1. The van der Waals surface area contributed by atoms with Crippen molar-refractivity contribution in [3.8, 4) is 0 Å². The fraction of sp³-hybridized carbons (Fsp3) is 0.611. The molecule has 0 N–H and O–H groups in total. The number of carbonyl (C=O) groups excluding carboxylic acids is 1. The van der Waals surface area contributed by atoms with Gasteiger partial charge in [0.2, 0.25) is 0 Å². The summed E-state index contributed by atoms with van der Waals surface area (Å²) in [6.45, 7) is 6.14. The van der Waals surface area contributed by atoms with Crippen molar-refractivity contribution < 1.29 is 17.9 Å². The fourth-order valence-electron chi connectivity index (χ4n) is 4.63. The first-order chi connectivity index (χ1) is 11.2.